The number of carbonyl (C=O) groups excluding carboxylic acids is 1. The van der Waals surface area contributed by atoms with Gasteiger partial charge in [0.05, 0.1) is 30.0 Å². The summed E-state index contributed by atoms with van der Waals surface area (Å²) in [6.45, 7) is 5.33. The van der Waals surface area contributed by atoms with E-state index in [-0.39, 0.29) is 5.91 Å². The summed E-state index contributed by atoms with van der Waals surface area (Å²) in [5.41, 5.74) is 3.07. The number of anilines is 1. The van der Waals surface area contributed by atoms with Crippen LogP contribution in [0.1, 0.15) is 21.6 Å². The Morgan fingerprint density at radius 3 is 2.86 bits per heavy atom. The van der Waals surface area contributed by atoms with E-state index in [0.29, 0.717) is 36.0 Å². The lowest BCUT2D eigenvalue weighted by atomic mass is 10.1. The molecule has 1 fully saturated rings. The second-order valence-electron chi connectivity index (χ2n) is 6.76. The van der Waals surface area contributed by atoms with Gasteiger partial charge < -0.3 is 15.0 Å². The second-order valence-corrected chi connectivity index (χ2v) is 7.20. The summed E-state index contributed by atoms with van der Waals surface area (Å²) < 4.78 is 5.39. The second kappa shape index (κ2) is 8.12. The summed E-state index contributed by atoms with van der Waals surface area (Å²) in [4.78, 5) is 23.9. The predicted molar refractivity (Wildman–Crippen MR) is 110 cm³/mol. The van der Waals surface area contributed by atoms with Crippen LogP contribution < -0.4 is 10.2 Å². The molecule has 0 saturated carbocycles. The predicted octanol–water partition coefficient (Wildman–Crippen LogP) is 3.36. The van der Waals surface area contributed by atoms with Crippen molar-refractivity contribution in [3.8, 4) is 0 Å². The van der Waals surface area contributed by atoms with Gasteiger partial charge in [-0.25, -0.2) is 4.98 Å². The molecule has 0 radical (unpaired) electrons. The number of hydrogen-bond donors (Lipinski definition) is 1. The van der Waals surface area contributed by atoms with Crippen molar-refractivity contribution in [2.75, 3.05) is 31.2 Å². The highest BCUT2D eigenvalue weighted by atomic mass is 35.5. The van der Waals surface area contributed by atoms with Crippen molar-refractivity contribution < 1.29 is 9.53 Å². The Hall–Kier alpha value is -2.70. The van der Waals surface area contributed by atoms with Crippen LogP contribution in [-0.4, -0.2) is 42.2 Å². The molecule has 144 valence electrons. The van der Waals surface area contributed by atoms with Crippen LogP contribution in [-0.2, 0) is 11.3 Å². The third-order valence-electron chi connectivity index (χ3n) is 4.81. The number of nitrogens with one attached hydrogen (secondary N) is 1. The topological polar surface area (TPSA) is 67.4 Å². The minimum absolute atomic E-state index is 0.156. The van der Waals surface area contributed by atoms with Gasteiger partial charge in [0.15, 0.2) is 0 Å². The number of pyridine rings is 2. The van der Waals surface area contributed by atoms with Gasteiger partial charge in [0, 0.05) is 36.2 Å². The fourth-order valence-corrected chi connectivity index (χ4v) is 3.47. The molecule has 1 N–H and O–H groups in total. The van der Waals surface area contributed by atoms with Gasteiger partial charge in [0.1, 0.15) is 5.82 Å². The maximum absolute atomic E-state index is 12.7. The molecule has 0 aliphatic carbocycles. The van der Waals surface area contributed by atoms with Gasteiger partial charge in [-0.15, -0.1) is 0 Å². The highest BCUT2D eigenvalue weighted by Crippen LogP contribution is 2.21. The molecule has 0 atom stereocenters. The molecule has 2 aromatic heterocycles. The van der Waals surface area contributed by atoms with Gasteiger partial charge in [0.25, 0.3) is 5.91 Å². The molecular formula is C21H21ClN4O2. The minimum Gasteiger partial charge on any atom is -0.378 e. The van der Waals surface area contributed by atoms with Crippen LogP contribution in [0.5, 0.6) is 0 Å². The van der Waals surface area contributed by atoms with E-state index < -0.39 is 0 Å². The van der Waals surface area contributed by atoms with Crippen molar-refractivity contribution in [3.05, 3.63) is 64.4 Å². The number of carbonyl (C=O) groups is 1. The number of nitrogens with zero attached hydrogens (tertiary/aromatic N) is 3. The lowest BCUT2D eigenvalue weighted by Crippen LogP contribution is -2.36. The number of amides is 1. The van der Waals surface area contributed by atoms with Crippen LogP contribution in [0.4, 0.5) is 5.82 Å². The molecule has 4 rings (SSSR count). The summed E-state index contributed by atoms with van der Waals surface area (Å²) >= 11 is 6.06. The zero-order valence-corrected chi connectivity index (χ0v) is 16.4. The molecule has 7 heteroatoms. The zero-order valence-electron chi connectivity index (χ0n) is 15.6. The normalized spacial score (nSPS) is 14.3. The smallest absolute Gasteiger partial charge is 0.253 e. The van der Waals surface area contributed by atoms with Gasteiger partial charge in [-0.05, 0) is 48.9 Å². The van der Waals surface area contributed by atoms with E-state index in [2.05, 4.69) is 20.2 Å². The molecule has 0 unspecified atom stereocenters. The zero-order chi connectivity index (χ0) is 19.5. The Balaban J connectivity index is 1.48. The number of rotatable bonds is 4. The quantitative estimate of drug-likeness (QED) is 0.732. The number of hydrogen-bond acceptors (Lipinski definition) is 5. The molecule has 1 aliphatic heterocycles. The molecule has 6 nitrogen and oxygen atoms in total. The van der Waals surface area contributed by atoms with E-state index in [1.54, 1.807) is 12.3 Å². The van der Waals surface area contributed by atoms with E-state index in [0.717, 1.165) is 35.4 Å². The summed E-state index contributed by atoms with van der Waals surface area (Å²) in [6, 6.07) is 11.2. The Morgan fingerprint density at radius 2 is 2.04 bits per heavy atom. The summed E-state index contributed by atoms with van der Waals surface area (Å²) in [5.74, 6) is 0.754. The van der Waals surface area contributed by atoms with Gasteiger partial charge in [-0.2, -0.15) is 0 Å². The molecule has 1 amide bonds. The lowest BCUT2D eigenvalue weighted by Gasteiger charge is -2.28. The molecule has 0 bridgehead atoms. The average Bonchev–Trinajstić information content (AvgIpc) is 2.72. The van der Waals surface area contributed by atoms with Crippen LogP contribution in [0, 0.1) is 6.92 Å². The van der Waals surface area contributed by atoms with Gasteiger partial charge in [0.2, 0.25) is 0 Å². The van der Waals surface area contributed by atoms with Gasteiger partial charge >= 0.3 is 0 Å². The number of morpholine rings is 1. The Morgan fingerprint density at radius 1 is 1.21 bits per heavy atom. The summed E-state index contributed by atoms with van der Waals surface area (Å²) in [7, 11) is 0. The third-order valence-corrected chi connectivity index (χ3v) is 5.05. The fourth-order valence-electron chi connectivity index (χ4n) is 3.29. The Bertz CT molecular complexity index is 1020. The van der Waals surface area contributed by atoms with E-state index in [1.165, 1.54) is 0 Å². The van der Waals surface area contributed by atoms with E-state index in [4.69, 9.17) is 16.3 Å². The van der Waals surface area contributed by atoms with E-state index in [9.17, 15) is 4.79 Å². The van der Waals surface area contributed by atoms with Crippen molar-refractivity contribution >= 4 is 34.2 Å². The van der Waals surface area contributed by atoms with E-state index >= 15 is 0 Å². The van der Waals surface area contributed by atoms with Crippen LogP contribution in [0.25, 0.3) is 10.9 Å². The van der Waals surface area contributed by atoms with E-state index in [1.807, 2.05) is 37.3 Å². The first-order valence-corrected chi connectivity index (χ1v) is 9.61. The first-order valence-electron chi connectivity index (χ1n) is 9.23. The minimum atomic E-state index is -0.156. The fraction of sp³-hybridized carbons (Fsp3) is 0.286. The molecule has 1 aliphatic rings. The largest absolute Gasteiger partial charge is 0.378 e. The number of aromatic nitrogens is 2. The number of halogens is 1. The molecule has 0 spiro atoms. The van der Waals surface area contributed by atoms with Crippen molar-refractivity contribution in [1.82, 2.24) is 15.3 Å². The van der Waals surface area contributed by atoms with Crippen molar-refractivity contribution in [1.29, 1.82) is 0 Å². The molecule has 1 saturated heterocycles. The van der Waals surface area contributed by atoms with Crippen LogP contribution >= 0.6 is 11.6 Å². The number of ether oxygens (including phenoxy) is 1. The monoisotopic (exact) mass is 396 g/mol. The number of fused-ring (bicyclic) bond motifs is 1. The highest BCUT2D eigenvalue weighted by Gasteiger charge is 2.14. The maximum atomic E-state index is 12.7. The molecule has 28 heavy (non-hydrogen) atoms. The molecule has 3 heterocycles. The Kier molecular flexibility index (Phi) is 5.41. The van der Waals surface area contributed by atoms with Crippen molar-refractivity contribution in [2.24, 2.45) is 0 Å². The number of aryl methyl sites for hydroxylation is 1. The summed E-state index contributed by atoms with van der Waals surface area (Å²) in [6.07, 6.45) is 1.77. The standard InChI is InChI=1S/C21H21ClN4O2/c1-14-18(12-16-11-17(22)2-3-19(16)25-14)21(27)24-13-15-4-5-23-20(10-15)26-6-8-28-9-7-26/h2-5,10-12H,6-9,13H2,1H3,(H,24,27). The molecule has 3 aromatic rings. The van der Waals surface area contributed by atoms with Crippen molar-refractivity contribution in [3.63, 3.8) is 0 Å². The third kappa shape index (κ3) is 4.08. The van der Waals surface area contributed by atoms with Crippen LogP contribution in [0.2, 0.25) is 5.02 Å². The van der Waals surface area contributed by atoms with Gasteiger partial charge in [-0.1, -0.05) is 11.6 Å². The average molecular weight is 397 g/mol. The lowest BCUT2D eigenvalue weighted by molar-refractivity contribution is 0.0950. The highest BCUT2D eigenvalue weighted by molar-refractivity contribution is 6.31. The number of benzene rings is 1. The first kappa shape index (κ1) is 18.7. The Labute approximate surface area is 168 Å². The summed E-state index contributed by atoms with van der Waals surface area (Å²) in [5, 5.41) is 4.45. The molecular weight excluding hydrogens is 376 g/mol. The van der Waals surface area contributed by atoms with Crippen LogP contribution in [0.3, 0.4) is 0 Å². The van der Waals surface area contributed by atoms with Gasteiger partial charge in [-0.3, -0.25) is 9.78 Å². The SMILES string of the molecule is Cc1nc2ccc(Cl)cc2cc1C(=O)NCc1ccnc(N2CCOCC2)c1. The maximum Gasteiger partial charge on any atom is 0.253 e. The molecule has 1 aromatic carbocycles. The van der Waals surface area contributed by atoms with Crippen LogP contribution in [0.15, 0.2) is 42.6 Å². The van der Waals surface area contributed by atoms with Crippen molar-refractivity contribution in [2.45, 2.75) is 13.5 Å². The first-order chi connectivity index (χ1) is 13.6.